The van der Waals surface area contributed by atoms with Crippen molar-refractivity contribution in [3.8, 4) is 23.1 Å². The third kappa shape index (κ3) is 6.58. The molecule has 3 aromatic rings. The fraction of sp³-hybridized carbons (Fsp3) is 0.357. The van der Waals surface area contributed by atoms with E-state index in [2.05, 4.69) is 16.4 Å². The highest BCUT2D eigenvalue weighted by atomic mass is 16.5. The predicted molar refractivity (Wildman–Crippen MR) is 137 cm³/mol. The fourth-order valence-corrected chi connectivity index (χ4v) is 3.94. The minimum atomic E-state index is -0.320. The quantitative estimate of drug-likeness (QED) is 0.392. The second-order valence-electron chi connectivity index (χ2n) is 8.87. The summed E-state index contributed by atoms with van der Waals surface area (Å²) < 4.78 is 7.46. The summed E-state index contributed by atoms with van der Waals surface area (Å²) in [5, 5.41) is 22.0. The monoisotopic (exact) mass is 488 g/mol. The van der Waals surface area contributed by atoms with Crippen molar-refractivity contribution in [3.05, 3.63) is 71.2 Å². The van der Waals surface area contributed by atoms with Gasteiger partial charge in [-0.1, -0.05) is 24.3 Å². The zero-order chi connectivity index (χ0) is 26.2. The SMILES string of the molecule is CCn1cc(-c2ccc(C[C@@H](CCO)NC(=O)c3ccc(OC(C)C)c(C#N)c3)cc2)nc1C(C)=O. The molecule has 0 spiro atoms. The van der Waals surface area contributed by atoms with Crippen LogP contribution >= 0.6 is 0 Å². The highest BCUT2D eigenvalue weighted by molar-refractivity contribution is 5.95. The molecule has 8 heteroatoms. The number of aliphatic hydroxyl groups is 1. The molecule has 1 aromatic heterocycles. The van der Waals surface area contributed by atoms with Gasteiger partial charge in [0.25, 0.3) is 5.91 Å². The van der Waals surface area contributed by atoms with E-state index in [-0.39, 0.29) is 30.4 Å². The summed E-state index contributed by atoms with van der Waals surface area (Å²) in [6, 6.07) is 14.3. The average molecular weight is 489 g/mol. The lowest BCUT2D eigenvalue weighted by Crippen LogP contribution is -2.37. The van der Waals surface area contributed by atoms with Crippen molar-refractivity contribution in [2.45, 2.75) is 59.2 Å². The molecule has 3 rings (SSSR count). The molecule has 0 unspecified atom stereocenters. The Morgan fingerprint density at radius 3 is 2.47 bits per heavy atom. The number of rotatable bonds is 11. The van der Waals surface area contributed by atoms with Crippen LogP contribution in [0.2, 0.25) is 0 Å². The van der Waals surface area contributed by atoms with E-state index in [1.54, 1.807) is 12.1 Å². The summed E-state index contributed by atoms with van der Waals surface area (Å²) in [4.78, 5) is 29.2. The van der Waals surface area contributed by atoms with Crippen molar-refractivity contribution in [2.24, 2.45) is 0 Å². The maximum atomic E-state index is 12.9. The van der Waals surface area contributed by atoms with Crippen molar-refractivity contribution >= 4 is 11.7 Å². The molecule has 0 saturated heterocycles. The lowest BCUT2D eigenvalue weighted by atomic mass is 10.0. The van der Waals surface area contributed by atoms with Crippen LogP contribution < -0.4 is 10.1 Å². The van der Waals surface area contributed by atoms with E-state index in [1.807, 2.05) is 55.8 Å². The zero-order valence-corrected chi connectivity index (χ0v) is 21.1. The van der Waals surface area contributed by atoms with Crippen LogP contribution in [0.3, 0.4) is 0 Å². The third-order valence-corrected chi connectivity index (χ3v) is 5.70. The summed E-state index contributed by atoms with van der Waals surface area (Å²) >= 11 is 0. The highest BCUT2D eigenvalue weighted by Crippen LogP contribution is 2.22. The number of imidazole rings is 1. The van der Waals surface area contributed by atoms with Crippen LogP contribution in [0, 0.1) is 11.3 Å². The molecule has 1 heterocycles. The standard InChI is InChI=1S/C28H32N4O4/c1-5-32-17-25(31-27(32)19(4)34)21-8-6-20(7-9-21)14-24(12-13-33)30-28(35)22-10-11-26(36-18(2)3)23(15-22)16-29/h6-11,15,17-18,24,33H,5,12-14H2,1-4H3,(H,30,35)/t24-/m1/s1. The number of nitriles is 1. The fourth-order valence-electron chi connectivity index (χ4n) is 3.94. The van der Waals surface area contributed by atoms with E-state index in [0.717, 1.165) is 16.8 Å². The summed E-state index contributed by atoms with van der Waals surface area (Å²) in [7, 11) is 0. The number of nitrogens with one attached hydrogen (secondary N) is 1. The normalized spacial score (nSPS) is 11.7. The molecule has 0 aliphatic carbocycles. The predicted octanol–water partition coefficient (Wildman–Crippen LogP) is 4.15. The van der Waals surface area contributed by atoms with Gasteiger partial charge in [-0.25, -0.2) is 4.98 Å². The van der Waals surface area contributed by atoms with Crippen LogP contribution in [-0.4, -0.2) is 45.1 Å². The first-order valence-corrected chi connectivity index (χ1v) is 12.1. The van der Waals surface area contributed by atoms with E-state index in [1.165, 1.54) is 13.0 Å². The van der Waals surface area contributed by atoms with Crippen LogP contribution in [-0.2, 0) is 13.0 Å². The smallest absolute Gasteiger partial charge is 0.251 e. The number of aromatic nitrogens is 2. The molecule has 0 bridgehead atoms. The second kappa shape index (κ2) is 12.1. The van der Waals surface area contributed by atoms with Gasteiger partial charge in [-0.05, 0) is 57.4 Å². The van der Waals surface area contributed by atoms with Crippen molar-refractivity contribution in [1.29, 1.82) is 5.26 Å². The van der Waals surface area contributed by atoms with E-state index < -0.39 is 0 Å². The largest absolute Gasteiger partial charge is 0.490 e. The molecule has 0 fully saturated rings. The Morgan fingerprint density at radius 2 is 1.92 bits per heavy atom. The molecule has 0 radical (unpaired) electrons. The van der Waals surface area contributed by atoms with Crippen molar-refractivity contribution in [3.63, 3.8) is 0 Å². The van der Waals surface area contributed by atoms with Crippen molar-refractivity contribution < 1.29 is 19.4 Å². The van der Waals surface area contributed by atoms with Gasteiger partial charge in [-0.3, -0.25) is 9.59 Å². The first-order valence-electron chi connectivity index (χ1n) is 12.1. The van der Waals surface area contributed by atoms with E-state index in [0.29, 0.717) is 42.1 Å². The second-order valence-corrected chi connectivity index (χ2v) is 8.87. The van der Waals surface area contributed by atoms with Crippen LogP contribution in [0.25, 0.3) is 11.3 Å². The Kier molecular flexibility index (Phi) is 8.98. The van der Waals surface area contributed by atoms with Gasteiger partial charge >= 0.3 is 0 Å². The minimum absolute atomic E-state index is 0.0735. The number of ether oxygens (including phenoxy) is 1. The van der Waals surface area contributed by atoms with Gasteiger partial charge in [0.05, 0.1) is 17.4 Å². The number of carbonyl (C=O) groups is 2. The van der Waals surface area contributed by atoms with E-state index >= 15 is 0 Å². The Balaban J connectivity index is 1.72. The molecule has 36 heavy (non-hydrogen) atoms. The minimum Gasteiger partial charge on any atom is -0.490 e. The number of aryl methyl sites for hydroxylation is 1. The number of hydrogen-bond donors (Lipinski definition) is 2. The molecule has 1 atom stereocenters. The lowest BCUT2D eigenvalue weighted by molar-refractivity contribution is 0.0929. The number of benzene rings is 2. The van der Waals surface area contributed by atoms with Crippen LogP contribution in [0.4, 0.5) is 0 Å². The molecule has 1 amide bonds. The molecule has 0 aliphatic heterocycles. The lowest BCUT2D eigenvalue weighted by Gasteiger charge is -2.19. The van der Waals surface area contributed by atoms with Crippen LogP contribution in [0.1, 0.15) is 66.2 Å². The number of Topliss-reactive ketones (excluding diaryl/α,β-unsaturated/α-hetero) is 1. The van der Waals surface area contributed by atoms with Gasteiger partial charge in [0, 0.05) is 43.4 Å². The van der Waals surface area contributed by atoms with Crippen molar-refractivity contribution in [1.82, 2.24) is 14.9 Å². The van der Waals surface area contributed by atoms with Crippen LogP contribution in [0.15, 0.2) is 48.7 Å². The first kappa shape index (κ1) is 26.6. The maximum absolute atomic E-state index is 12.9. The van der Waals surface area contributed by atoms with E-state index in [9.17, 15) is 20.0 Å². The average Bonchev–Trinajstić information content (AvgIpc) is 3.29. The van der Waals surface area contributed by atoms with Gasteiger partial charge in [-0.15, -0.1) is 0 Å². The molecular weight excluding hydrogens is 456 g/mol. The number of nitrogens with zero attached hydrogens (tertiary/aromatic N) is 3. The summed E-state index contributed by atoms with van der Waals surface area (Å²) in [6.45, 7) is 7.79. The number of ketones is 1. The van der Waals surface area contributed by atoms with Gasteiger partial charge in [-0.2, -0.15) is 5.26 Å². The van der Waals surface area contributed by atoms with Gasteiger partial charge < -0.3 is 19.7 Å². The molecular formula is C28H32N4O4. The Bertz CT molecular complexity index is 1260. The number of hydrogen-bond acceptors (Lipinski definition) is 6. The van der Waals surface area contributed by atoms with Gasteiger partial charge in [0.2, 0.25) is 0 Å². The third-order valence-electron chi connectivity index (χ3n) is 5.70. The van der Waals surface area contributed by atoms with Gasteiger partial charge in [0.15, 0.2) is 11.6 Å². The Hall–Kier alpha value is -3.96. The Labute approximate surface area is 211 Å². The summed E-state index contributed by atoms with van der Waals surface area (Å²) in [5.41, 5.74) is 3.26. The Morgan fingerprint density at radius 1 is 1.19 bits per heavy atom. The zero-order valence-electron chi connectivity index (χ0n) is 21.1. The van der Waals surface area contributed by atoms with Gasteiger partial charge in [0.1, 0.15) is 11.8 Å². The molecule has 2 N–H and O–H groups in total. The molecule has 2 aromatic carbocycles. The number of amides is 1. The summed E-state index contributed by atoms with van der Waals surface area (Å²) in [6.07, 6.45) is 2.69. The first-order chi connectivity index (χ1) is 17.2. The molecule has 8 nitrogen and oxygen atoms in total. The highest BCUT2D eigenvalue weighted by Gasteiger charge is 2.17. The molecule has 0 saturated carbocycles. The molecule has 188 valence electrons. The van der Waals surface area contributed by atoms with Crippen LogP contribution in [0.5, 0.6) is 5.75 Å². The van der Waals surface area contributed by atoms with E-state index in [4.69, 9.17) is 4.74 Å². The number of aliphatic hydroxyl groups excluding tert-OH is 1. The molecule has 0 aliphatic rings. The topological polar surface area (TPSA) is 117 Å². The van der Waals surface area contributed by atoms with Crippen molar-refractivity contribution in [2.75, 3.05) is 6.61 Å². The maximum Gasteiger partial charge on any atom is 0.251 e. The summed E-state index contributed by atoms with van der Waals surface area (Å²) in [5.74, 6) is 0.478. The number of carbonyl (C=O) groups excluding carboxylic acids is 2.